The van der Waals surface area contributed by atoms with Gasteiger partial charge in [-0.05, 0) is 38.8 Å². The maximum Gasteiger partial charge on any atom is 0.105 e. The molecule has 6 nitrogen and oxygen atoms in total. The van der Waals surface area contributed by atoms with Gasteiger partial charge < -0.3 is 14.4 Å². The van der Waals surface area contributed by atoms with E-state index in [0.29, 0.717) is 6.10 Å². The zero-order chi connectivity index (χ0) is 16.4. The van der Waals surface area contributed by atoms with E-state index in [4.69, 9.17) is 9.47 Å². The Hall–Kier alpha value is -0.950. The lowest BCUT2D eigenvalue weighted by atomic mass is 10.00. The Labute approximate surface area is 144 Å². The van der Waals surface area contributed by atoms with E-state index < -0.39 is 0 Å². The van der Waals surface area contributed by atoms with Crippen molar-refractivity contribution in [3.8, 4) is 0 Å². The molecule has 0 radical (unpaired) electrons. The Morgan fingerprint density at radius 2 is 2.12 bits per heavy atom. The summed E-state index contributed by atoms with van der Waals surface area (Å²) >= 11 is 0. The van der Waals surface area contributed by atoms with Gasteiger partial charge in [-0.2, -0.15) is 5.10 Å². The van der Waals surface area contributed by atoms with Gasteiger partial charge in [0.25, 0.3) is 0 Å². The smallest absolute Gasteiger partial charge is 0.105 e. The first-order valence-electron chi connectivity index (χ1n) is 9.39. The van der Waals surface area contributed by atoms with Crippen molar-refractivity contribution < 1.29 is 9.47 Å². The van der Waals surface area contributed by atoms with Crippen LogP contribution in [0.5, 0.6) is 0 Å². The molecule has 3 aliphatic rings. The predicted molar refractivity (Wildman–Crippen MR) is 91.8 cm³/mol. The molecule has 24 heavy (non-hydrogen) atoms. The van der Waals surface area contributed by atoms with Crippen molar-refractivity contribution in [2.24, 2.45) is 7.05 Å². The van der Waals surface area contributed by atoms with E-state index in [1.54, 1.807) is 0 Å². The number of hydrogen-bond donors (Lipinski definition) is 0. The third-order valence-electron chi connectivity index (χ3n) is 5.59. The van der Waals surface area contributed by atoms with Crippen LogP contribution in [0.4, 0.5) is 0 Å². The van der Waals surface area contributed by atoms with Crippen LogP contribution in [0.3, 0.4) is 0 Å². The molecule has 3 saturated heterocycles. The Bertz CT molecular complexity index is 543. The van der Waals surface area contributed by atoms with Gasteiger partial charge in [-0.25, -0.2) is 0 Å². The van der Waals surface area contributed by atoms with Crippen molar-refractivity contribution in [2.75, 3.05) is 45.9 Å². The van der Waals surface area contributed by atoms with Gasteiger partial charge in [-0.15, -0.1) is 0 Å². The van der Waals surface area contributed by atoms with Gasteiger partial charge in [-0.3, -0.25) is 9.58 Å². The standard InChI is InChI=1S/C18H30N4O2/c1-20-11-16(10-19-20)12-22-8-9-23-15-18(14-22)5-4-17(24-18)13-21-6-2-3-7-21/h10-11,17H,2-9,12-15H2,1H3. The molecule has 1 aromatic heterocycles. The first-order chi connectivity index (χ1) is 11.7. The van der Waals surface area contributed by atoms with Crippen molar-refractivity contribution in [3.63, 3.8) is 0 Å². The van der Waals surface area contributed by atoms with Crippen molar-refractivity contribution in [2.45, 2.75) is 43.9 Å². The van der Waals surface area contributed by atoms with Crippen molar-refractivity contribution in [1.29, 1.82) is 0 Å². The Kier molecular flexibility index (Phi) is 4.90. The Balaban J connectivity index is 1.36. The molecule has 0 N–H and O–H groups in total. The lowest BCUT2D eigenvalue weighted by Crippen LogP contribution is -2.45. The Morgan fingerprint density at radius 1 is 1.25 bits per heavy atom. The van der Waals surface area contributed by atoms with Crippen LogP contribution in [-0.2, 0) is 23.1 Å². The molecule has 0 bridgehead atoms. The number of rotatable bonds is 4. The monoisotopic (exact) mass is 334 g/mol. The number of ether oxygens (including phenoxy) is 2. The van der Waals surface area contributed by atoms with Crippen LogP contribution >= 0.6 is 0 Å². The maximum atomic E-state index is 6.58. The molecule has 0 aliphatic carbocycles. The zero-order valence-electron chi connectivity index (χ0n) is 14.8. The van der Waals surface area contributed by atoms with Crippen molar-refractivity contribution in [3.05, 3.63) is 18.0 Å². The van der Waals surface area contributed by atoms with Crippen LogP contribution in [-0.4, -0.2) is 77.2 Å². The lowest BCUT2D eigenvalue weighted by Gasteiger charge is -2.32. The fraction of sp³-hybridized carbons (Fsp3) is 0.833. The molecular weight excluding hydrogens is 304 g/mol. The molecule has 3 fully saturated rings. The highest BCUT2D eigenvalue weighted by Gasteiger charge is 2.43. The molecule has 0 amide bonds. The van der Waals surface area contributed by atoms with Crippen LogP contribution in [0.15, 0.2) is 12.4 Å². The summed E-state index contributed by atoms with van der Waals surface area (Å²) < 4.78 is 14.4. The van der Waals surface area contributed by atoms with Crippen LogP contribution < -0.4 is 0 Å². The zero-order valence-corrected chi connectivity index (χ0v) is 14.8. The summed E-state index contributed by atoms with van der Waals surface area (Å²) in [5, 5.41) is 4.29. The second-order valence-electron chi connectivity index (χ2n) is 7.75. The van der Waals surface area contributed by atoms with Gasteiger partial charge in [0, 0.05) is 45.0 Å². The predicted octanol–water partition coefficient (Wildman–Crippen LogP) is 1.27. The third-order valence-corrected chi connectivity index (χ3v) is 5.59. The summed E-state index contributed by atoms with van der Waals surface area (Å²) in [5.74, 6) is 0. The van der Waals surface area contributed by atoms with Crippen LogP contribution in [0.25, 0.3) is 0 Å². The van der Waals surface area contributed by atoms with Crippen LogP contribution in [0.1, 0.15) is 31.2 Å². The lowest BCUT2D eigenvalue weighted by molar-refractivity contribution is -0.0913. The van der Waals surface area contributed by atoms with E-state index in [9.17, 15) is 0 Å². The minimum atomic E-state index is -0.108. The number of aromatic nitrogens is 2. The summed E-state index contributed by atoms with van der Waals surface area (Å²) in [6.45, 7) is 8.00. The highest BCUT2D eigenvalue weighted by atomic mass is 16.6. The van der Waals surface area contributed by atoms with E-state index in [1.165, 1.54) is 37.9 Å². The molecule has 1 aromatic rings. The van der Waals surface area contributed by atoms with Gasteiger partial charge in [0.1, 0.15) is 5.60 Å². The van der Waals surface area contributed by atoms with Gasteiger partial charge in [0.05, 0.1) is 25.5 Å². The minimum absolute atomic E-state index is 0.108. The van der Waals surface area contributed by atoms with Gasteiger partial charge in [0.2, 0.25) is 0 Å². The highest BCUT2D eigenvalue weighted by Crippen LogP contribution is 2.34. The average molecular weight is 334 g/mol. The summed E-state index contributed by atoms with van der Waals surface area (Å²) in [4.78, 5) is 5.04. The molecule has 3 aliphatic heterocycles. The molecule has 6 heteroatoms. The molecule has 4 rings (SSSR count). The van der Waals surface area contributed by atoms with E-state index in [1.807, 2.05) is 17.9 Å². The summed E-state index contributed by atoms with van der Waals surface area (Å²) in [6, 6.07) is 0. The summed E-state index contributed by atoms with van der Waals surface area (Å²) in [6.07, 6.45) is 9.42. The Morgan fingerprint density at radius 3 is 2.92 bits per heavy atom. The first-order valence-corrected chi connectivity index (χ1v) is 9.39. The van der Waals surface area contributed by atoms with Crippen molar-refractivity contribution in [1.82, 2.24) is 19.6 Å². The quantitative estimate of drug-likeness (QED) is 0.829. The average Bonchev–Trinajstić information content (AvgIpc) is 3.25. The summed E-state index contributed by atoms with van der Waals surface area (Å²) in [7, 11) is 1.97. The van der Waals surface area contributed by atoms with Gasteiger partial charge >= 0.3 is 0 Å². The minimum Gasteiger partial charge on any atom is -0.377 e. The van der Waals surface area contributed by atoms with E-state index in [-0.39, 0.29) is 5.60 Å². The molecule has 0 saturated carbocycles. The fourth-order valence-electron chi connectivity index (χ4n) is 4.43. The van der Waals surface area contributed by atoms with Crippen molar-refractivity contribution >= 4 is 0 Å². The molecule has 1 spiro atoms. The number of hydrogen-bond acceptors (Lipinski definition) is 5. The molecular formula is C18H30N4O2. The molecule has 2 atom stereocenters. The largest absolute Gasteiger partial charge is 0.377 e. The number of aryl methyl sites for hydroxylation is 1. The second kappa shape index (κ2) is 7.12. The molecule has 134 valence electrons. The van der Waals surface area contributed by atoms with Gasteiger partial charge in [0.15, 0.2) is 0 Å². The number of likely N-dealkylation sites (tertiary alicyclic amines) is 1. The maximum absolute atomic E-state index is 6.58. The van der Waals surface area contributed by atoms with Crippen LogP contribution in [0, 0.1) is 0 Å². The first kappa shape index (κ1) is 16.5. The number of nitrogens with zero attached hydrogens (tertiary/aromatic N) is 4. The highest BCUT2D eigenvalue weighted by molar-refractivity contribution is 5.04. The molecule has 2 unspecified atom stereocenters. The van der Waals surface area contributed by atoms with E-state index in [2.05, 4.69) is 21.1 Å². The third kappa shape index (κ3) is 3.82. The second-order valence-corrected chi connectivity index (χ2v) is 7.75. The summed E-state index contributed by atoms with van der Waals surface area (Å²) in [5.41, 5.74) is 1.16. The molecule has 4 heterocycles. The van der Waals surface area contributed by atoms with Crippen LogP contribution in [0.2, 0.25) is 0 Å². The molecule has 0 aromatic carbocycles. The topological polar surface area (TPSA) is 42.8 Å². The fourth-order valence-corrected chi connectivity index (χ4v) is 4.43. The normalized spacial score (nSPS) is 32.6. The van der Waals surface area contributed by atoms with E-state index in [0.717, 1.165) is 45.8 Å². The van der Waals surface area contributed by atoms with E-state index >= 15 is 0 Å². The van der Waals surface area contributed by atoms with Gasteiger partial charge in [-0.1, -0.05) is 0 Å². The SMILES string of the molecule is Cn1cc(CN2CCOCC3(CCC(CN4CCCC4)O3)C2)cn1.